The second-order valence-corrected chi connectivity index (χ2v) is 5.34. The van der Waals surface area contributed by atoms with Crippen LogP contribution in [0.4, 0.5) is 0 Å². The summed E-state index contributed by atoms with van der Waals surface area (Å²) in [6.45, 7) is 4.28. The Morgan fingerprint density at radius 2 is 2.17 bits per heavy atom. The molecule has 6 heteroatoms. The van der Waals surface area contributed by atoms with Crippen LogP contribution in [0.2, 0.25) is 0 Å². The average molecular weight is 444 g/mol. The van der Waals surface area contributed by atoms with Gasteiger partial charge in [-0.3, -0.25) is 9.78 Å². The SMILES string of the molecule is CCCC(=NOCC)C1=C(O)CC(c2cccnc2)CC1=O.CI. The second kappa shape index (κ2) is 11.2. The molecular weight excluding hydrogens is 419 g/mol. The number of carbonyl (C=O) groups excluding carboxylic acids is 1. The van der Waals surface area contributed by atoms with Gasteiger partial charge in [0.15, 0.2) is 5.78 Å². The third kappa shape index (κ3) is 5.58. The first-order chi connectivity index (χ1) is 11.7. The molecule has 1 aliphatic carbocycles. The highest BCUT2D eigenvalue weighted by Crippen LogP contribution is 2.34. The zero-order valence-electron chi connectivity index (χ0n) is 14.5. The zero-order valence-corrected chi connectivity index (χ0v) is 16.6. The van der Waals surface area contributed by atoms with Crippen LogP contribution in [0.25, 0.3) is 0 Å². The van der Waals surface area contributed by atoms with Gasteiger partial charge in [0.1, 0.15) is 12.4 Å². The number of allylic oxidation sites excluding steroid dienone is 2. The van der Waals surface area contributed by atoms with Gasteiger partial charge >= 0.3 is 0 Å². The maximum Gasteiger partial charge on any atom is 0.168 e. The van der Waals surface area contributed by atoms with Gasteiger partial charge in [-0.05, 0) is 35.8 Å². The third-order valence-electron chi connectivity index (χ3n) is 3.67. The molecule has 2 rings (SSSR count). The fraction of sp³-hybridized carbons (Fsp3) is 0.500. The molecule has 1 aromatic rings. The molecule has 1 N–H and O–H groups in total. The van der Waals surface area contributed by atoms with E-state index in [0.717, 1.165) is 12.0 Å². The van der Waals surface area contributed by atoms with Gasteiger partial charge in [0.25, 0.3) is 0 Å². The molecule has 1 aromatic heterocycles. The van der Waals surface area contributed by atoms with E-state index in [1.165, 1.54) is 0 Å². The summed E-state index contributed by atoms with van der Waals surface area (Å²) in [5, 5.41) is 14.4. The van der Waals surface area contributed by atoms with Gasteiger partial charge in [-0.2, -0.15) is 0 Å². The van der Waals surface area contributed by atoms with E-state index in [-0.39, 0.29) is 17.5 Å². The average Bonchev–Trinajstić information content (AvgIpc) is 2.61. The number of carbonyl (C=O) groups is 1. The van der Waals surface area contributed by atoms with Crippen molar-refractivity contribution in [2.24, 2.45) is 5.16 Å². The standard InChI is InChI=1S/C17H22N2O3.CH3I/c1-3-6-14(19-22-4-2)17-15(20)9-13(10-16(17)21)12-7-5-8-18-11-12;1-2/h5,7-8,11,13,20H,3-4,6,9-10H2,1-2H3;1H3. The van der Waals surface area contributed by atoms with Crippen molar-refractivity contribution in [1.82, 2.24) is 4.98 Å². The minimum atomic E-state index is -0.0792. The summed E-state index contributed by atoms with van der Waals surface area (Å²) in [4.78, 5) is 23.6. The molecule has 0 fully saturated rings. The van der Waals surface area contributed by atoms with Crippen LogP contribution >= 0.6 is 22.6 Å². The van der Waals surface area contributed by atoms with E-state index in [0.29, 0.717) is 37.2 Å². The molecule has 0 radical (unpaired) electrons. The number of Topliss-reactive ketones (excluding diaryl/α,β-unsaturated/α-hetero) is 1. The summed E-state index contributed by atoms with van der Waals surface area (Å²) < 4.78 is 0. The van der Waals surface area contributed by atoms with Crippen LogP contribution in [-0.2, 0) is 9.63 Å². The van der Waals surface area contributed by atoms with Crippen molar-refractivity contribution in [3.63, 3.8) is 0 Å². The van der Waals surface area contributed by atoms with Crippen molar-refractivity contribution in [1.29, 1.82) is 0 Å². The molecule has 5 nitrogen and oxygen atoms in total. The van der Waals surface area contributed by atoms with Crippen LogP contribution in [0.3, 0.4) is 0 Å². The Kier molecular flexibility index (Phi) is 9.59. The quantitative estimate of drug-likeness (QED) is 0.302. The normalized spacial score (nSPS) is 18.1. The Hall–Kier alpha value is -1.44. The lowest BCUT2D eigenvalue weighted by molar-refractivity contribution is -0.116. The summed E-state index contributed by atoms with van der Waals surface area (Å²) in [6, 6.07) is 3.78. The largest absolute Gasteiger partial charge is 0.511 e. The van der Waals surface area contributed by atoms with Crippen molar-refractivity contribution < 1.29 is 14.7 Å². The third-order valence-corrected chi connectivity index (χ3v) is 3.67. The summed E-state index contributed by atoms with van der Waals surface area (Å²) in [5.41, 5.74) is 1.87. The monoisotopic (exact) mass is 444 g/mol. The first kappa shape index (κ1) is 20.6. The van der Waals surface area contributed by atoms with Crippen LogP contribution in [0.5, 0.6) is 0 Å². The topological polar surface area (TPSA) is 71.8 Å². The number of alkyl halides is 1. The number of halogens is 1. The first-order valence-corrected chi connectivity index (χ1v) is 10.2. The lowest BCUT2D eigenvalue weighted by atomic mass is 9.81. The molecule has 0 bridgehead atoms. The van der Waals surface area contributed by atoms with Crippen LogP contribution in [0.1, 0.15) is 51.0 Å². The van der Waals surface area contributed by atoms with Crippen molar-refractivity contribution in [2.45, 2.75) is 45.4 Å². The van der Waals surface area contributed by atoms with Gasteiger partial charge in [-0.15, -0.1) is 0 Å². The molecule has 1 aliphatic rings. The Bertz CT molecular complexity index is 585. The number of aromatic nitrogens is 1. The van der Waals surface area contributed by atoms with E-state index in [2.05, 4.69) is 32.7 Å². The van der Waals surface area contributed by atoms with Crippen molar-refractivity contribution in [2.75, 3.05) is 11.5 Å². The molecule has 1 unspecified atom stereocenters. The smallest absolute Gasteiger partial charge is 0.168 e. The van der Waals surface area contributed by atoms with E-state index in [9.17, 15) is 9.90 Å². The predicted octanol–water partition coefficient (Wildman–Crippen LogP) is 4.58. The molecule has 0 aliphatic heterocycles. The van der Waals surface area contributed by atoms with E-state index in [1.54, 1.807) is 12.4 Å². The maximum atomic E-state index is 12.5. The van der Waals surface area contributed by atoms with Gasteiger partial charge in [0.2, 0.25) is 0 Å². The predicted molar refractivity (Wildman–Crippen MR) is 105 cm³/mol. The van der Waals surface area contributed by atoms with Crippen molar-refractivity contribution in [3.8, 4) is 0 Å². The number of rotatable bonds is 6. The summed E-state index contributed by atoms with van der Waals surface area (Å²) in [7, 11) is 0. The molecule has 132 valence electrons. The highest BCUT2D eigenvalue weighted by atomic mass is 127. The highest BCUT2D eigenvalue weighted by molar-refractivity contribution is 14.1. The highest BCUT2D eigenvalue weighted by Gasteiger charge is 2.31. The minimum absolute atomic E-state index is 0.0279. The number of aliphatic hydroxyl groups is 1. The molecule has 1 heterocycles. The van der Waals surface area contributed by atoms with Gasteiger partial charge < -0.3 is 9.94 Å². The van der Waals surface area contributed by atoms with Crippen LogP contribution in [0.15, 0.2) is 41.0 Å². The van der Waals surface area contributed by atoms with E-state index >= 15 is 0 Å². The number of hydrogen-bond acceptors (Lipinski definition) is 5. The Labute approximate surface area is 157 Å². The Morgan fingerprint density at radius 1 is 1.42 bits per heavy atom. The zero-order chi connectivity index (χ0) is 17.9. The molecule has 1 atom stereocenters. The van der Waals surface area contributed by atoms with E-state index in [1.807, 2.05) is 30.9 Å². The molecule has 0 spiro atoms. The number of aliphatic hydroxyl groups excluding tert-OH is 1. The first-order valence-electron chi connectivity index (χ1n) is 8.09. The summed E-state index contributed by atoms with van der Waals surface area (Å²) in [5.74, 6) is 0.00133. The maximum absolute atomic E-state index is 12.5. The molecular formula is C18H25IN2O3. The summed E-state index contributed by atoms with van der Waals surface area (Å²) >= 11 is 2.15. The van der Waals surface area contributed by atoms with Crippen LogP contribution in [-0.4, -0.2) is 33.1 Å². The lowest BCUT2D eigenvalue weighted by Gasteiger charge is -2.24. The van der Waals surface area contributed by atoms with Gasteiger partial charge in [0, 0.05) is 25.2 Å². The molecule has 0 amide bonds. The van der Waals surface area contributed by atoms with E-state index < -0.39 is 0 Å². The number of pyridine rings is 1. The molecule has 0 saturated heterocycles. The van der Waals surface area contributed by atoms with Gasteiger partial charge in [0.05, 0.1) is 11.3 Å². The minimum Gasteiger partial charge on any atom is -0.511 e. The Balaban J connectivity index is 0.00000139. The lowest BCUT2D eigenvalue weighted by Crippen LogP contribution is -2.24. The van der Waals surface area contributed by atoms with Crippen molar-refractivity contribution in [3.05, 3.63) is 41.4 Å². The number of oxime groups is 1. The fourth-order valence-electron chi connectivity index (χ4n) is 2.67. The van der Waals surface area contributed by atoms with Gasteiger partial charge in [-0.1, -0.05) is 47.2 Å². The second-order valence-electron chi connectivity index (χ2n) is 5.34. The van der Waals surface area contributed by atoms with Gasteiger partial charge in [-0.25, -0.2) is 0 Å². The van der Waals surface area contributed by atoms with Crippen LogP contribution in [0, 0.1) is 0 Å². The number of hydrogen-bond donors (Lipinski definition) is 1. The number of nitrogens with zero attached hydrogens (tertiary/aromatic N) is 2. The Morgan fingerprint density at radius 3 is 2.71 bits per heavy atom. The summed E-state index contributed by atoms with van der Waals surface area (Å²) in [6.07, 6.45) is 5.69. The van der Waals surface area contributed by atoms with Crippen LogP contribution < -0.4 is 0 Å². The fourth-order valence-corrected chi connectivity index (χ4v) is 2.67. The van der Waals surface area contributed by atoms with E-state index in [4.69, 9.17) is 4.84 Å². The molecule has 0 aromatic carbocycles. The number of ketones is 1. The van der Waals surface area contributed by atoms with Crippen molar-refractivity contribution >= 4 is 34.1 Å². The molecule has 24 heavy (non-hydrogen) atoms. The molecule has 0 saturated carbocycles.